The first kappa shape index (κ1) is 60.1. The first-order chi connectivity index (χ1) is 32.4. The summed E-state index contributed by atoms with van der Waals surface area (Å²) < 4.78 is 19.3. The number of Topliss-reactive ketones (excluding diaryl/α,β-unsaturated/α-hetero) is 1. The highest BCUT2D eigenvalue weighted by Gasteiger charge is 2.29. The van der Waals surface area contributed by atoms with Crippen LogP contribution in [0.25, 0.3) is 33.6 Å². The molecule has 3 atom stereocenters. The minimum Gasteiger partial charge on any atom is -0.467 e. The lowest BCUT2D eigenvalue weighted by Crippen LogP contribution is -2.36. The maximum atomic E-state index is 12.6. The topological polar surface area (TPSA) is 197 Å². The van der Waals surface area contributed by atoms with E-state index in [0.29, 0.717) is 56.0 Å². The lowest BCUT2D eigenvalue weighted by Gasteiger charge is -2.27. The number of pyridine rings is 1. The summed E-state index contributed by atoms with van der Waals surface area (Å²) in [4.78, 5) is 42.9. The van der Waals surface area contributed by atoms with Gasteiger partial charge in [0, 0.05) is 91.0 Å². The molecule has 0 saturated heterocycles. The van der Waals surface area contributed by atoms with Crippen LogP contribution in [-0.2, 0) is 43.2 Å². The Balaban J connectivity index is 0.000000824. The molecule has 374 valence electrons. The Morgan fingerprint density at radius 3 is 2.32 bits per heavy atom. The van der Waals surface area contributed by atoms with Crippen LogP contribution in [0, 0.1) is 30.1 Å². The molecule has 0 spiro atoms. The van der Waals surface area contributed by atoms with Gasteiger partial charge in [-0.3, -0.25) is 30.6 Å². The molecule has 4 aromatic rings. The molecule has 1 aliphatic heterocycles. The van der Waals surface area contributed by atoms with Crippen LogP contribution in [0.5, 0.6) is 0 Å². The molecule has 3 unspecified atom stereocenters. The van der Waals surface area contributed by atoms with E-state index in [4.69, 9.17) is 30.5 Å². The van der Waals surface area contributed by atoms with Crippen molar-refractivity contribution in [2.24, 2.45) is 28.8 Å². The van der Waals surface area contributed by atoms with Gasteiger partial charge in [-0.25, -0.2) is 0 Å². The molecular weight excluding hydrogens is 859 g/mol. The van der Waals surface area contributed by atoms with Crippen molar-refractivity contribution >= 4 is 29.1 Å². The molecule has 4 heterocycles. The third kappa shape index (κ3) is 18.0. The Bertz CT molecular complexity index is 2210. The van der Waals surface area contributed by atoms with Gasteiger partial charge in [-0.2, -0.15) is 0 Å². The van der Waals surface area contributed by atoms with Crippen molar-refractivity contribution in [3.8, 4) is 35.6 Å². The molecule has 1 amide bonds. The number of hydrogen-bond acceptors (Lipinski definition) is 13. The van der Waals surface area contributed by atoms with Crippen molar-refractivity contribution in [2.75, 3.05) is 40.9 Å². The first-order valence-electron chi connectivity index (χ1n) is 23.5. The number of methoxy groups -OCH3 is 1. The Kier molecular flexibility index (Phi) is 27.6. The fourth-order valence-corrected chi connectivity index (χ4v) is 7.96. The third-order valence-electron chi connectivity index (χ3n) is 11.1. The predicted molar refractivity (Wildman–Crippen MR) is 276 cm³/mol. The SMILES string of the molecule is C#C.C=C(N)C(C(C)C)N(C)C.C=CC(=O)N1C=CCC1.CC.CCn1c(-c2cccnc2C(C)OC)c(CC(C)(C)COC=O)c2cc(-c3nnc(CC(C)C(=O)CCCCNN)o3)ccc21. The number of benzene rings is 1. The molecular formula is C53H81N9O6. The number of amides is 1. The van der Waals surface area contributed by atoms with Gasteiger partial charge in [-0.05, 0) is 102 Å². The van der Waals surface area contributed by atoms with Crippen molar-refractivity contribution < 1.29 is 28.3 Å². The average Bonchev–Trinajstić information content (AvgIpc) is 4.11. The van der Waals surface area contributed by atoms with E-state index in [2.05, 4.69) is 104 Å². The largest absolute Gasteiger partial charge is 0.467 e. The van der Waals surface area contributed by atoms with Crippen molar-refractivity contribution in [1.29, 1.82) is 0 Å². The summed E-state index contributed by atoms with van der Waals surface area (Å²) in [5.74, 6) is 6.62. The lowest BCUT2D eigenvalue weighted by molar-refractivity contribution is -0.131. The molecule has 1 aliphatic rings. The number of nitrogens with one attached hydrogen (secondary N) is 1. The smallest absolute Gasteiger partial charge is 0.293 e. The summed E-state index contributed by atoms with van der Waals surface area (Å²) >= 11 is 0. The zero-order valence-electron chi connectivity index (χ0n) is 43.0. The number of fused-ring (bicyclic) bond motifs is 1. The van der Waals surface area contributed by atoms with Gasteiger partial charge in [0.25, 0.3) is 6.47 Å². The number of unbranched alkanes of at least 4 members (excludes halogenated alkanes) is 1. The highest BCUT2D eigenvalue weighted by atomic mass is 16.5. The van der Waals surface area contributed by atoms with Crippen LogP contribution < -0.4 is 17.0 Å². The van der Waals surface area contributed by atoms with Crippen molar-refractivity contribution in [3.63, 3.8) is 0 Å². The molecule has 0 saturated carbocycles. The number of hydrazine groups is 1. The Morgan fingerprint density at radius 2 is 1.79 bits per heavy atom. The summed E-state index contributed by atoms with van der Waals surface area (Å²) in [6.45, 7) is 28.6. The normalized spacial score (nSPS) is 13.1. The maximum absolute atomic E-state index is 12.6. The van der Waals surface area contributed by atoms with Crippen LogP contribution in [0.3, 0.4) is 0 Å². The summed E-state index contributed by atoms with van der Waals surface area (Å²) in [5.41, 5.74) is 14.5. The van der Waals surface area contributed by atoms with Crippen molar-refractivity contribution in [1.82, 2.24) is 35.0 Å². The van der Waals surface area contributed by atoms with E-state index >= 15 is 0 Å². The first-order valence-corrected chi connectivity index (χ1v) is 23.5. The quantitative estimate of drug-likeness (QED) is 0.0169. The second-order valence-electron chi connectivity index (χ2n) is 17.5. The second-order valence-corrected chi connectivity index (χ2v) is 17.5. The molecule has 0 radical (unpaired) electrons. The molecule has 5 rings (SSSR count). The van der Waals surface area contributed by atoms with Gasteiger partial charge in [0.05, 0.1) is 30.1 Å². The third-order valence-corrected chi connectivity index (χ3v) is 11.1. The van der Waals surface area contributed by atoms with Crippen LogP contribution >= 0.6 is 0 Å². The van der Waals surface area contributed by atoms with E-state index in [1.54, 1.807) is 24.4 Å². The average molecular weight is 940 g/mol. The number of aryl methyl sites for hydroxylation is 1. The minimum atomic E-state index is -0.352. The molecule has 0 bridgehead atoms. The van der Waals surface area contributed by atoms with Crippen LogP contribution in [0.1, 0.15) is 111 Å². The van der Waals surface area contributed by atoms with Gasteiger partial charge in [-0.1, -0.05) is 67.7 Å². The Hall–Kier alpha value is -5.92. The lowest BCUT2D eigenvalue weighted by atomic mass is 9.84. The minimum absolute atomic E-state index is 0.0104. The molecule has 15 nitrogen and oxygen atoms in total. The van der Waals surface area contributed by atoms with Gasteiger partial charge >= 0.3 is 0 Å². The number of nitrogens with zero attached hydrogens (tertiary/aromatic N) is 6. The van der Waals surface area contributed by atoms with Crippen LogP contribution in [0.2, 0.25) is 0 Å². The van der Waals surface area contributed by atoms with Gasteiger partial charge in [0.1, 0.15) is 5.78 Å². The summed E-state index contributed by atoms with van der Waals surface area (Å²) in [5, 5.41) is 9.67. The van der Waals surface area contributed by atoms with Gasteiger partial charge in [0.15, 0.2) is 0 Å². The molecule has 15 heteroatoms. The number of ether oxygens (including phenoxy) is 2. The number of nitrogens with two attached hydrogens (primary N) is 2. The van der Waals surface area contributed by atoms with Gasteiger partial charge < -0.3 is 34.0 Å². The van der Waals surface area contributed by atoms with Crippen molar-refractivity contribution in [3.05, 3.63) is 90.9 Å². The molecule has 0 aliphatic carbocycles. The molecule has 0 fully saturated rings. The van der Waals surface area contributed by atoms with Crippen LogP contribution in [0.4, 0.5) is 0 Å². The van der Waals surface area contributed by atoms with E-state index in [0.717, 1.165) is 77.0 Å². The fourth-order valence-electron chi connectivity index (χ4n) is 7.96. The van der Waals surface area contributed by atoms with Gasteiger partial charge in [0.2, 0.25) is 17.7 Å². The summed E-state index contributed by atoms with van der Waals surface area (Å²) in [6.07, 6.45) is 18.8. The summed E-state index contributed by atoms with van der Waals surface area (Å²) in [6, 6.07) is 10.5. The van der Waals surface area contributed by atoms with E-state index in [9.17, 15) is 14.4 Å². The molecule has 1 aromatic carbocycles. The van der Waals surface area contributed by atoms with E-state index in [-0.39, 0.29) is 35.7 Å². The molecule has 68 heavy (non-hydrogen) atoms. The number of rotatable bonds is 22. The number of carbonyl (C=O) groups excluding carboxylic acids is 3. The van der Waals surface area contributed by atoms with Crippen molar-refractivity contribution in [2.45, 2.75) is 120 Å². The number of ketones is 1. The number of hydrogen-bond donors (Lipinski definition) is 3. The maximum Gasteiger partial charge on any atom is 0.293 e. The summed E-state index contributed by atoms with van der Waals surface area (Å²) in [7, 11) is 5.72. The molecule has 5 N–H and O–H groups in total. The highest BCUT2D eigenvalue weighted by molar-refractivity contribution is 5.95. The van der Waals surface area contributed by atoms with Crippen LogP contribution in [0.15, 0.2) is 78.2 Å². The number of terminal acetylenes is 1. The number of aromatic nitrogens is 4. The number of likely N-dealkylation sites (N-methyl/N-ethyl adjacent to an activating group) is 1. The fraction of sp³-hybridized carbons (Fsp3) is 0.509. The monoisotopic (exact) mass is 940 g/mol. The highest BCUT2D eigenvalue weighted by Crippen LogP contribution is 2.41. The molecule has 3 aromatic heterocycles. The second kappa shape index (κ2) is 31.2. The van der Waals surface area contributed by atoms with E-state index in [1.807, 2.05) is 60.0 Å². The van der Waals surface area contributed by atoms with E-state index in [1.165, 1.54) is 6.08 Å². The zero-order chi connectivity index (χ0) is 51.6. The zero-order valence-corrected chi connectivity index (χ0v) is 43.0. The number of carbonyl (C=O) groups is 3. The Morgan fingerprint density at radius 1 is 1.10 bits per heavy atom. The predicted octanol–water partition coefficient (Wildman–Crippen LogP) is 8.84. The standard InChI is InChI=1S/C34H46N6O5.C8H18N2.C7H9NO.C2H6.C2H2/c1-7-40-28-14-13-24(33-39-38-30(45-33)17-22(2)29(42)12-8-9-16-37-35)18-26(28)27(19-34(4,5)20-44-21-41)32(40)25-11-10-15-36-31(25)23(3)43-6;1-6(2)8(7(3)9)10(4)5;1-2-7(9)8-5-3-4-6-8;2*1-2/h10-11,13-15,18,21-23,37H,7-9,12,16-17,19-20,35H2,1-6H3;6,8H,3,9H2,1-2,4-5H3;2-3,5H,1,4,6H2;1-2H3;1-2H. The van der Waals surface area contributed by atoms with Gasteiger partial charge in [-0.15, -0.1) is 23.0 Å². The Labute approximate surface area is 406 Å². The van der Waals surface area contributed by atoms with E-state index < -0.39 is 0 Å². The van der Waals surface area contributed by atoms with Crippen LogP contribution in [-0.4, -0.2) is 94.7 Å².